The lowest BCUT2D eigenvalue weighted by Crippen LogP contribution is -2.12. The molecule has 0 aliphatic heterocycles. The third-order valence-electron chi connectivity index (χ3n) is 14.3. The first kappa shape index (κ1) is 40.5. The van der Waals surface area contributed by atoms with Crippen molar-refractivity contribution in [3.8, 4) is 0 Å². The lowest BCUT2D eigenvalue weighted by molar-refractivity contribution is 0.638. The zero-order chi connectivity index (χ0) is 45.0. The highest BCUT2D eigenvalue weighted by Crippen LogP contribution is 2.46. The molecule has 320 valence electrons. The molecule has 0 bridgehead atoms. The number of anilines is 6. The monoisotopic (exact) mass is 846 g/mol. The summed E-state index contributed by atoms with van der Waals surface area (Å²) in [6.45, 7) is 22.0. The molecule has 0 fully saturated rings. The Kier molecular flexibility index (Phi) is 9.44. The molecule has 0 aliphatic rings. The van der Waals surface area contributed by atoms with Crippen molar-refractivity contribution >= 4 is 99.5 Å². The number of aryl methyl sites for hydroxylation is 4. The fourth-order valence-electron chi connectivity index (χ4n) is 10.0. The molecule has 0 aliphatic carbocycles. The fourth-order valence-corrected chi connectivity index (χ4v) is 10.0. The molecule has 0 radical (unpaired) electrons. The van der Waals surface area contributed by atoms with E-state index >= 15 is 0 Å². The van der Waals surface area contributed by atoms with Crippen LogP contribution in [0.4, 0.5) is 34.1 Å². The molecule has 0 N–H and O–H groups in total. The summed E-state index contributed by atoms with van der Waals surface area (Å²) in [5.41, 5.74) is 21.8. The molecule has 2 heterocycles. The normalized spacial score (nSPS) is 12.0. The van der Waals surface area contributed by atoms with E-state index in [1.807, 2.05) is 0 Å². The molecule has 9 aromatic carbocycles. The first-order chi connectivity index (χ1) is 31.3. The van der Waals surface area contributed by atoms with Crippen molar-refractivity contribution in [2.75, 3.05) is 9.80 Å². The number of hydrogen-bond acceptors (Lipinski definition) is 4. The fraction of sp³-hybridized carbons (Fsp3) is 0.180. The number of hydrogen-bond donors (Lipinski definition) is 0. The predicted molar refractivity (Wildman–Crippen MR) is 277 cm³/mol. The molecule has 0 saturated heterocycles. The molecule has 0 unspecified atom stereocenters. The van der Waals surface area contributed by atoms with Crippen LogP contribution in [0.15, 0.2) is 148 Å². The average molecular weight is 847 g/mol. The van der Waals surface area contributed by atoms with Crippen molar-refractivity contribution in [3.05, 3.63) is 190 Å². The van der Waals surface area contributed by atoms with Crippen molar-refractivity contribution < 1.29 is 8.83 Å². The Labute approximate surface area is 381 Å². The van der Waals surface area contributed by atoms with E-state index in [0.29, 0.717) is 0 Å². The van der Waals surface area contributed by atoms with Crippen molar-refractivity contribution in [2.45, 2.75) is 75.2 Å². The van der Waals surface area contributed by atoms with Crippen molar-refractivity contribution in [1.29, 1.82) is 0 Å². The Morgan fingerprint density at radius 3 is 1.15 bits per heavy atom. The van der Waals surface area contributed by atoms with E-state index in [1.54, 1.807) is 0 Å². The second-order valence-electron chi connectivity index (χ2n) is 18.8. The Morgan fingerprint density at radius 1 is 0.354 bits per heavy atom. The zero-order valence-electron chi connectivity index (χ0n) is 39.1. The number of rotatable bonds is 7. The van der Waals surface area contributed by atoms with Gasteiger partial charge in [-0.25, -0.2) is 0 Å². The van der Waals surface area contributed by atoms with Crippen molar-refractivity contribution in [2.24, 2.45) is 0 Å². The van der Waals surface area contributed by atoms with Gasteiger partial charge in [-0.05, 0) is 207 Å². The van der Waals surface area contributed by atoms with E-state index in [2.05, 4.69) is 219 Å². The van der Waals surface area contributed by atoms with E-state index in [9.17, 15) is 0 Å². The number of nitrogens with zero attached hydrogens (tertiary/aromatic N) is 2. The van der Waals surface area contributed by atoms with Crippen LogP contribution in [0.5, 0.6) is 0 Å². The summed E-state index contributed by atoms with van der Waals surface area (Å²) >= 11 is 0. The number of fused-ring (bicyclic) bond motifs is 8. The minimum atomic E-state index is 0.165. The summed E-state index contributed by atoms with van der Waals surface area (Å²) < 4.78 is 13.9. The van der Waals surface area contributed by atoms with E-state index in [1.165, 1.54) is 66.7 Å². The van der Waals surface area contributed by atoms with Crippen LogP contribution in [0.1, 0.15) is 69.8 Å². The van der Waals surface area contributed by atoms with Crippen LogP contribution in [0, 0.1) is 55.4 Å². The van der Waals surface area contributed by atoms with Crippen LogP contribution in [-0.2, 0) is 0 Å². The summed E-state index contributed by atoms with van der Waals surface area (Å²) in [7, 11) is 0. The quantitative estimate of drug-likeness (QED) is 0.160. The smallest absolute Gasteiger partial charge is 0.142 e. The van der Waals surface area contributed by atoms with E-state index in [0.717, 1.165) is 83.0 Å². The molecular weight excluding hydrogens is 793 g/mol. The van der Waals surface area contributed by atoms with Gasteiger partial charge in [-0.2, -0.15) is 0 Å². The lowest BCUT2D eigenvalue weighted by atomic mass is 9.95. The first-order valence-electron chi connectivity index (χ1n) is 22.9. The van der Waals surface area contributed by atoms with Crippen molar-refractivity contribution in [1.82, 2.24) is 0 Å². The molecule has 11 rings (SSSR count). The predicted octanol–water partition coefficient (Wildman–Crippen LogP) is 18.3. The highest BCUT2D eigenvalue weighted by atomic mass is 16.3. The van der Waals surface area contributed by atoms with Crippen LogP contribution in [0.2, 0.25) is 0 Å². The molecule has 0 atom stereocenters. The molecule has 0 spiro atoms. The Hall–Kier alpha value is -7.30. The van der Waals surface area contributed by atoms with Gasteiger partial charge in [0, 0.05) is 61.2 Å². The summed E-state index contributed by atoms with van der Waals surface area (Å²) in [6, 6.07) is 51.6. The molecule has 2 aromatic heterocycles. The van der Waals surface area contributed by atoms with Gasteiger partial charge >= 0.3 is 0 Å². The maximum Gasteiger partial charge on any atom is 0.142 e. The minimum absolute atomic E-state index is 0.165. The maximum atomic E-state index is 6.95. The van der Waals surface area contributed by atoms with Crippen LogP contribution >= 0.6 is 0 Å². The maximum absolute atomic E-state index is 6.95. The van der Waals surface area contributed by atoms with Crippen LogP contribution in [0.3, 0.4) is 0 Å². The van der Waals surface area contributed by atoms with Crippen LogP contribution in [0.25, 0.3) is 65.4 Å². The van der Waals surface area contributed by atoms with Gasteiger partial charge in [0.15, 0.2) is 0 Å². The topological polar surface area (TPSA) is 32.8 Å². The van der Waals surface area contributed by atoms with Gasteiger partial charge < -0.3 is 18.6 Å². The van der Waals surface area contributed by atoms with Gasteiger partial charge in [-0.15, -0.1) is 0 Å². The molecule has 4 nitrogen and oxygen atoms in total. The largest absolute Gasteiger partial charge is 0.456 e. The molecule has 65 heavy (non-hydrogen) atoms. The minimum Gasteiger partial charge on any atom is -0.456 e. The summed E-state index contributed by atoms with van der Waals surface area (Å²) in [5.74, 6) is 0.165. The third-order valence-corrected chi connectivity index (χ3v) is 14.3. The SMILES string of the molecule is Cc1ccc(N(c2ccc3cc4c(cc3c2)oc2c(C(C)C)c3oc5cc6cc(N(c7ccc(C)cc7)c7ccc(C)c(C)c7C)ccc6cc5c3cc24)c2ccc(C)c(C)c2C)cc1. The van der Waals surface area contributed by atoms with Gasteiger partial charge in [-0.3, -0.25) is 0 Å². The highest BCUT2D eigenvalue weighted by molar-refractivity contribution is 6.20. The van der Waals surface area contributed by atoms with Crippen molar-refractivity contribution in [3.63, 3.8) is 0 Å². The molecule has 4 heteroatoms. The average Bonchev–Trinajstić information content (AvgIpc) is 3.83. The van der Waals surface area contributed by atoms with Gasteiger partial charge in [0.05, 0.1) is 0 Å². The second kappa shape index (κ2) is 15.2. The van der Waals surface area contributed by atoms with Gasteiger partial charge in [-0.1, -0.05) is 73.5 Å². The molecule has 0 saturated carbocycles. The Balaban J connectivity index is 1.05. The molecular formula is C61H54N2O2. The third kappa shape index (κ3) is 6.57. The van der Waals surface area contributed by atoms with Crippen LogP contribution < -0.4 is 9.80 Å². The Morgan fingerprint density at radius 2 is 0.754 bits per heavy atom. The number of benzene rings is 9. The highest BCUT2D eigenvalue weighted by Gasteiger charge is 2.24. The van der Waals surface area contributed by atoms with E-state index in [4.69, 9.17) is 8.83 Å². The van der Waals surface area contributed by atoms with Gasteiger partial charge in [0.1, 0.15) is 22.3 Å². The molecule has 0 amide bonds. The first-order valence-corrected chi connectivity index (χ1v) is 22.9. The summed E-state index contributed by atoms with van der Waals surface area (Å²) in [6.07, 6.45) is 0. The zero-order valence-corrected chi connectivity index (χ0v) is 39.1. The van der Waals surface area contributed by atoms with Crippen LogP contribution in [-0.4, -0.2) is 0 Å². The summed E-state index contributed by atoms with van der Waals surface area (Å²) in [4.78, 5) is 4.77. The molecule has 11 aromatic rings. The van der Waals surface area contributed by atoms with E-state index < -0.39 is 0 Å². The summed E-state index contributed by atoms with van der Waals surface area (Å²) in [5, 5.41) is 9.06. The number of furan rings is 2. The standard InChI is InChI=1S/C61H54N2O2/c1-34(2)59-60-53(51-29-43-17-23-49(27-45(43)31-57(51)64-60)62(47-19-11-35(3)12-20-47)55-25-15-37(5)39(7)41(55)9)33-54-52-30-44-18-24-50(28-46(44)32-58(52)65-61(54)59)63(48-21-13-36(4)14-22-48)56-26-16-38(6)40(8)42(56)10/h11-34H,1-10H3. The van der Waals surface area contributed by atoms with Gasteiger partial charge in [0.25, 0.3) is 0 Å². The Bertz CT molecular complexity index is 3480. The van der Waals surface area contributed by atoms with E-state index in [-0.39, 0.29) is 5.92 Å². The van der Waals surface area contributed by atoms with Gasteiger partial charge in [0.2, 0.25) is 0 Å². The second-order valence-corrected chi connectivity index (χ2v) is 18.8. The lowest BCUT2D eigenvalue weighted by Gasteiger charge is -2.28.